The molecule has 1 aromatic rings. The van der Waals surface area contributed by atoms with Gasteiger partial charge in [-0.25, -0.2) is 0 Å². The number of nitrogens with two attached hydrogens (primary N) is 1. The first-order valence-corrected chi connectivity index (χ1v) is 6.40. The predicted octanol–water partition coefficient (Wildman–Crippen LogP) is 1.17. The lowest BCUT2D eigenvalue weighted by atomic mass is 10.0. The van der Waals surface area contributed by atoms with Gasteiger partial charge in [0.1, 0.15) is 5.75 Å². The molecule has 2 rings (SSSR count). The van der Waals surface area contributed by atoms with Gasteiger partial charge in [0.05, 0.1) is 17.6 Å². The van der Waals surface area contributed by atoms with Crippen LogP contribution in [0.5, 0.6) is 5.75 Å². The van der Waals surface area contributed by atoms with Crippen molar-refractivity contribution in [2.24, 2.45) is 5.73 Å². The van der Waals surface area contributed by atoms with Crippen molar-refractivity contribution >= 4 is 11.6 Å². The number of piperidine rings is 1. The molecule has 20 heavy (non-hydrogen) atoms. The smallest absolute Gasteiger partial charge is 0.270 e. The van der Waals surface area contributed by atoms with Gasteiger partial charge in [0.2, 0.25) is 0 Å². The minimum absolute atomic E-state index is 0.0441. The highest BCUT2D eigenvalue weighted by atomic mass is 16.6. The molecule has 1 atom stereocenters. The molecule has 0 radical (unpaired) electrons. The zero-order valence-electron chi connectivity index (χ0n) is 11.2. The molecule has 0 bridgehead atoms. The van der Waals surface area contributed by atoms with Crippen LogP contribution in [0.3, 0.4) is 0 Å². The summed E-state index contributed by atoms with van der Waals surface area (Å²) in [5, 5.41) is 10.8. The molecule has 1 heterocycles. The van der Waals surface area contributed by atoms with Gasteiger partial charge in [0.25, 0.3) is 11.6 Å². The minimum atomic E-state index is -0.530. The lowest BCUT2D eigenvalue weighted by molar-refractivity contribution is -0.384. The predicted molar refractivity (Wildman–Crippen MR) is 72.8 cm³/mol. The van der Waals surface area contributed by atoms with Crippen molar-refractivity contribution in [3.8, 4) is 5.75 Å². The number of likely N-dealkylation sites (tertiary alicyclic amines) is 1. The van der Waals surface area contributed by atoms with Gasteiger partial charge in [-0.3, -0.25) is 14.9 Å². The third-order valence-corrected chi connectivity index (χ3v) is 3.37. The highest BCUT2D eigenvalue weighted by Gasteiger charge is 2.26. The van der Waals surface area contributed by atoms with Crippen LogP contribution in [0.1, 0.15) is 23.2 Å². The number of non-ortho nitro benzene ring substituents is 1. The molecule has 0 aliphatic carbocycles. The maximum atomic E-state index is 12.5. The topological polar surface area (TPSA) is 98.7 Å². The van der Waals surface area contributed by atoms with Crippen LogP contribution in [0.2, 0.25) is 0 Å². The molecule has 1 aliphatic rings. The van der Waals surface area contributed by atoms with Gasteiger partial charge in [-0.15, -0.1) is 0 Å². The molecule has 7 nitrogen and oxygen atoms in total. The average Bonchev–Trinajstić information content (AvgIpc) is 2.45. The van der Waals surface area contributed by atoms with E-state index in [1.807, 2.05) is 0 Å². The van der Waals surface area contributed by atoms with Crippen molar-refractivity contribution in [3.63, 3.8) is 0 Å². The fourth-order valence-electron chi connectivity index (χ4n) is 2.34. The number of hydrogen-bond donors (Lipinski definition) is 1. The lowest BCUT2D eigenvalue weighted by Crippen LogP contribution is -2.45. The van der Waals surface area contributed by atoms with E-state index >= 15 is 0 Å². The van der Waals surface area contributed by atoms with E-state index in [1.165, 1.54) is 25.3 Å². The second kappa shape index (κ2) is 5.87. The number of carbonyl (C=O) groups is 1. The molecule has 2 N–H and O–H groups in total. The summed E-state index contributed by atoms with van der Waals surface area (Å²) in [6.45, 7) is 1.07. The largest absolute Gasteiger partial charge is 0.496 e. The highest BCUT2D eigenvalue weighted by Crippen LogP contribution is 2.26. The first-order valence-electron chi connectivity index (χ1n) is 6.40. The molecule has 0 saturated carbocycles. The molecule has 1 fully saturated rings. The second-order valence-corrected chi connectivity index (χ2v) is 4.80. The van der Waals surface area contributed by atoms with Crippen molar-refractivity contribution in [1.82, 2.24) is 4.90 Å². The molecule has 0 aromatic heterocycles. The summed E-state index contributed by atoms with van der Waals surface area (Å²) in [7, 11) is 1.43. The third-order valence-electron chi connectivity index (χ3n) is 3.37. The van der Waals surface area contributed by atoms with Crippen LogP contribution in [0.15, 0.2) is 18.2 Å². The Morgan fingerprint density at radius 1 is 1.55 bits per heavy atom. The first-order chi connectivity index (χ1) is 9.52. The number of benzene rings is 1. The average molecular weight is 279 g/mol. The van der Waals surface area contributed by atoms with Gasteiger partial charge in [-0.1, -0.05) is 0 Å². The SMILES string of the molecule is COc1ccc([N+](=O)[O-])cc1C(=O)N1CCCC(N)C1. The maximum absolute atomic E-state index is 12.5. The number of nitro benzene ring substituents is 1. The Kier molecular flexibility index (Phi) is 4.19. The van der Waals surface area contributed by atoms with E-state index in [0.29, 0.717) is 18.8 Å². The lowest BCUT2D eigenvalue weighted by Gasteiger charge is -2.31. The Morgan fingerprint density at radius 2 is 2.30 bits per heavy atom. The molecular formula is C13H17N3O4. The number of nitrogens with zero attached hydrogens (tertiary/aromatic N) is 2. The number of nitro groups is 1. The van der Waals surface area contributed by atoms with Crippen molar-refractivity contribution in [2.45, 2.75) is 18.9 Å². The number of hydrogen-bond acceptors (Lipinski definition) is 5. The molecule has 108 valence electrons. The Labute approximate surface area is 116 Å². The van der Waals surface area contributed by atoms with Gasteiger partial charge in [-0.2, -0.15) is 0 Å². The molecule has 1 amide bonds. The molecule has 1 unspecified atom stereocenters. The van der Waals surface area contributed by atoms with Crippen molar-refractivity contribution < 1.29 is 14.5 Å². The van der Waals surface area contributed by atoms with Crippen molar-refractivity contribution in [3.05, 3.63) is 33.9 Å². The molecule has 1 aliphatic heterocycles. The number of rotatable bonds is 3. The number of ether oxygens (including phenoxy) is 1. The van der Waals surface area contributed by atoms with Gasteiger partial charge in [0.15, 0.2) is 0 Å². The zero-order chi connectivity index (χ0) is 14.7. The van der Waals surface area contributed by atoms with Crippen LogP contribution in [0, 0.1) is 10.1 Å². The van der Waals surface area contributed by atoms with Crippen LogP contribution in [-0.4, -0.2) is 42.0 Å². The Bertz CT molecular complexity index is 532. The van der Waals surface area contributed by atoms with E-state index in [2.05, 4.69) is 0 Å². The standard InChI is InChI=1S/C13H17N3O4/c1-20-12-5-4-10(16(18)19)7-11(12)13(17)15-6-2-3-9(14)8-15/h4-5,7,9H,2-3,6,8,14H2,1H3. The van der Waals surface area contributed by atoms with Crippen LogP contribution in [0.4, 0.5) is 5.69 Å². The quantitative estimate of drug-likeness (QED) is 0.661. The van der Waals surface area contributed by atoms with E-state index in [9.17, 15) is 14.9 Å². The third kappa shape index (κ3) is 2.88. The highest BCUT2D eigenvalue weighted by molar-refractivity contribution is 5.97. The van der Waals surface area contributed by atoms with Crippen molar-refractivity contribution in [1.29, 1.82) is 0 Å². The summed E-state index contributed by atoms with van der Waals surface area (Å²) in [6, 6.07) is 3.96. The zero-order valence-corrected chi connectivity index (χ0v) is 11.2. The van der Waals surface area contributed by atoms with Crippen LogP contribution in [0.25, 0.3) is 0 Å². The van der Waals surface area contributed by atoms with E-state index in [0.717, 1.165) is 12.8 Å². The van der Waals surface area contributed by atoms with Crippen LogP contribution >= 0.6 is 0 Å². The summed E-state index contributed by atoms with van der Waals surface area (Å²) in [5.41, 5.74) is 5.93. The minimum Gasteiger partial charge on any atom is -0.496 e. The molecule has 0 spiro atoms. The summed E-state index contributed by atoms with van der Waals surface area (Å²) in [5.74, 6) is 0.0560. The summed E-state index contributed by atoms with van der Waals surface area (Å²) >= 11 is 0. The van der Waals surface area contributed by atoms with Gasteiger partial charge in [-0.05, 0) is 18.9 Å². The Balaban J connectivity index is 2.31. The number of carbonyl (C=O) groups excluding carboxylic acids is 1. The molecule has 1 saturated heterocycles. The monoisotopic (exact) mass is 279 g/mol. The summed E-state index contributed by atoms with van der Waals surface area (Å²) < 4.78 is 5.12. The van der Waals surface area contributed by atoms with E-state index in [1.54, 1.807) is 4.90 Å². The second-order valence-electron chi connectivity index (χ2n) is 4.80. The summed E-state index contributed by atoms with van der Waals surface area (Å²) in [4.78, 5) is 24.4. The van der Waals surface area contributed by atoms with E-state index in [-0.39, 0.29) is 23.2 Å². The molecule has 1 aromatic carbocycles. The number of amides is 1. The van der Waals surface area contributed by atoms with E-state index in [4.69, 9.17) is 10.5 Å². The molecule has 7 heteroatoms. The molecular weight excluding hydrogens is 262 g/mol. The normalized spacial score (nSPS) is 18.7. The fraction of sp³-hybridized carbons (Fsp3) is 0.462. The Morgan fingerprint density at radius 3 is 2.90 bits per heavy atom. The van der Waals surface area contributed by atoms with Gasteiger partial charge in [0, 0.05) is 31.3 Å². The Hall–Kier alpha value is -2.15. The van der Waals surface area contributed by atoms with Crippen LogP contribution in [-0.2, 0) is 0 Å². The first kappa shape index (κ1) is 14.3. The maximum Gasteiger partial charge on any atom is 0.270 e. The fourth-order valence-corrected chi connectivity index (χ4v) is 2.34. The van der Waals surface area contributed by atoms with Gasteiger partial charge >= 0.3 is 0 Å². The van der Waals surface area contributed by atoms with Gasteiger partial charge < -0.3 is 15.4 Å². The van der Waals surface area contributed by atoms with Crippen LogP contribution < -0.4 is 10.5 Å². The number of methoxy groups -OCH3 is 1. The van der Waals surface area contributed by atoms with E-state index < -0.39 is 4.92 Å². The van der Waals surface area contributed by atoms with Crippen molar-refractivity contribution in [2.75, 3.05) is 20.2 Å². The summed E-state index contributed by atoms with van der Waals surface area (Å²) in [6.07, 6.45) is 1.72.